The Morgan fingerprint density at radius 1 is 1.61 bits per heavy atom. The minimum Gasteiger partial charge on any atom is -0.409 e. The largest absolute Gasteiger partial charge is 0.409 e. The fraction of sp³-hybridized carbons (Fsp3) is 0.273. The van der Waals surface area contributed by atoms with Crippen molar-refractivity contribution in [1.82, 2.24) is 4.90 Å². The van der Waals surface area contributed by atoms with Gasteiger partial charge in [0.1, 0.15) is 5.82 Å². The Balaban J connectivity index is 3.00. The average Bonchev–Trinajstić information content (AvgIpc) is 2.35. The van der Waals surface area contributed by atoms with E-state index < -0.39 is 17.8 Å². The summed E-state index contributed by atoms with van der Waals surface area (Å²) in [6.45, 7) is 1.56. The van der Waals surface area contributed by atoms with Crippen LogP contribution in [-0.4, -0.2) is 34.9 Å². The van der Waals surface area contributed by atoms with Gasteiger partial charge in [-0.1, -0.05) is 16.8 Å². The Labute approximate surface area is 109 Å². The zero-order valence-corrected chi connectivity index (χ0v) is 10.6. The highest BCUT2D eigenvalue weighted by Gasteiger charge is 2.22. The molecule has 0 aliphatic rings. The summed E-state index contributed by atoms with van der Waals surface area (Å²) in [5.74, 6) is -1.44. The Hall–Kier alpha value is -1.82. The van der Waals surface area contributed by atoms with Crippen LogP contribution in [-0.2, 0) is 0 Å². The number of halogens is 2. The maximum atomic E-state index is 13.6. The first kappa shape index (κ1) is 14.2. The van der Waals surface area contributed by atoms with Crippen LogP contribution >= 0.6 is 11.6 Å². The van der Waals surface area contributed by atoms with E-state index in [1.165, 1.54) is 24.1 Å². The molecule has 0 saturated carbocycles. The highest BCUT2D eigenvalue weighted by Crippen LogP contribution is 2.16. The minimum atomic E-state index is -0.717. The van der Waals surface area contributed by atoms with Crippen molar-refractivity contribution < 1.29 is 14.4 Å². The molecular formula is C11H13ClFN3O2. The predicted octanol–water partition coefficient (Wildman–Crippen LogP) is 1.69. The van der Waals surface area contributed by atoms with Crippen molar-refractivity contribution in [3.63, 3.8) is 0 Å². The van der Waals surface area contributed by atoms with E-state index >= 15 is 0 Å². The first-order valence-corrected chi connectivity index (χ1v) is 5.46. The highest BCUT2D eigenvalue weighted by atomic mass is 35.5. The Morgan fingerprint density at radius 2 is 2.22 bits per heavy atom. The molecule has 0 fully saturated rings. The Kier molecular flexibility index (Phi) is 4.49. The molecule has 1 atom stereocenters. The molecule has 0 radical (unpaired) electrons. The monoisotopic (exact) mass is 273 g/mol. The quantitative estimate of drug-likeness (QED) is 0.381. The maximum Gasteiger partial charge on any atom is 0.257 e. The third-order valence-corrected chi connectivity index (χ3v) is 2.84. The van der Waals surface area contributed by atoms with E-state index in [0.717, 1.165) is 6.07 Å². The van der Waals surface area contributed by atoms with Gasteiger partial charge in [-0.2, -0.15) is 0 Å². The Morgan fingerprint density at radius 3 is 2.72 bits per heavy atom. The van der Waals surface area contributed by atoms with Crippen LogP contribution in [0.2, 0.25) is 5.02 Å². The lowest BCUT2D eigenvalue weighted by Crippen LogP contribution is -2.44. The normalized spacial score (nSPS) is 13.2. The molecule has 0 heterocycles. The number of nitrogens with zero attached hydrogens (tertiary/aromatic N) is 2. The lowest BCUT2D eigenvalue weighted by molar-refractivity contribution is 0.0771. The van der Waals surface area contributed by atoms with Crippen LogP contribution in [0.5, 0.6) is 0 Å². The molecule has 0 aliphatic carbocycles. The van der Waals surface area contributed by atoms with Crippen LogP contribution in [0.25, 0.3) is 0 Å². The molecule has 3 N–H and O–H groups in total. The SMILES string of the molecule is CC(C(N)=NO)N(C)C(=O)c1ccc(Cl)cc1F. The first-order valence-electron chi connectivity index (χ1n) is 5.08. The van der Waals surface area contributed by atoms with Crippen molar-refractivity contribution in [3.05, 3.63) is 34.6 Å². The van der Waals surface area contributed by atoms with Gasteiger partial charge in [-0.3, -0.25) is 4.79 Å². The van der Waals surface area contributed by atoms with Crippen LogP contribution in [0.3, 0.4) is 0 Å². The van der Waals surface area contributed by atoms with Gasteiger partial charge in [0.15, 0.2) is 5.84 Å². The molecule has 18 heavy (non-hydrogen) atoms. The molecule has 1 amide bonds. The third-order valence-electron chi connectivity index (χ3n) is 2.61. The van der Waals surface area contributed by atoms with E-state index in [2.05, 4.69) is 5.16 Å². The molecule has 98 valence electrons. The van der Waals surface area contributed by atoms with E-state index in [9.17, 15) is 9.18 Å². The van der Waals surface area contributed by atoms with Gasteiger partial charge >= 0.3 is 0 Å². The molecule has 1 aromatic rings. The lowest BCUT2D eigenvalue weighted by atomic mass is 10.1. The van der Waals surface area contributed by atoms with Crippen LogP contribution in [0, 0.1) is 5.82 Å². The number of hydrogen-bond acceptors (Lipinski definition) is 3. The van der Waals surface area contributed by atoms with Crippen molar-refractivity contribution in [1.29, 1.82) is 0 Å². The molecule has 0 bridgehead atoms. The van der Waals surface area contributed by atoms with Crippen LogP contribution < -0.4 is 5.73 Å². The summed E-state index contributed by atoms with van der Waals surface area (Å²) >= 11 is 5.60. The zero-order valence-electron chi connectivity index (χ0n) is 9.89. The third kappa shape index (κ3) is 2.89. The van der Waals surface area contributed by atoms with Gasteiger partial charge < -0.3 is 15.8 Å². The fourth-order valence-electron chi connectivity index (χ4n) is 1.31. The summed E-state index contributed by atoms with van der Waals surface area (Å²) in [6, 6.07) is 3.10. The standard InChI is InChI=1S/C11H13ClFN3O2/c1-6(10(14)15-18)16(2)11(17)8-4-3-7(12)5-9(8)13/h3-6,18H,1-2H3,(H2,14,15). The minimum absolute atomic E-state index is 0.125. The van der Waals surface area contributed by atoms with Gasteiger partial charge in [-0.15, -0.1) is 0 Å². The molecule has 1 unspecified atom stereocenters. The van der Waals surface area contributed by atoms with E-state index in [1.54, 1.807) is 6.92 Å². The van der Waals surface area contributed by atoms with Gasteiger partial charge in [0.2, 0.25) is 0 Å². The number of likely N-dealkylation sites (N-methyl/N-ethyl adjacent to an activating group) is 1. The molecule has 0 aromatic heterocycles. The van der Waals surface area contributed by atoms with E-state index in [-0.39, 0.29) is 16.4 Å². The predicted molar refractivity (Wildman–Crippen MR) is 66.4 cm³/mol. The van der Waals surface area contributed by atoms with Crippen LogP contribution in [0.1, 0.15) is 17.3 Å². The van der Waals surface area contributed by atoms with E-state index in [4.69, 9.17) is 22.5 Å². The second kappa shape index (κ2) is 5.68. The van der Waals surface area contributed by atoms with Gasteiger partial charge in [0.25, 0.3) is 5.91 Å². The van der Waals surface area contributed by atoms with Gasteiger partial charge in [0.05, 0.1) is 11.6 Å². The molecule has 5 nitrogen and oxygen atoms in total. The summed E-state index contributed by atoms with van der Waals surface area (Å²) < 4.78 is 13.6. The van der Waals surface area contributed by atoms with E-state index in [1.807, 2.05) is 0 Å². The topological polar surface area (TPSA) is 78.9 Å². The van der Waals surface area contributed by atoms with Gasteiger partial charge in [-0.25, -0.2) is 4.39 Å². The molecule has 0 saturated heterocycles. The molecule has 0 aliphatic heterocycles. The van der Waals surface area contributed by atoms with Crippen LogP contribution in [0.15, 0.2) is 23.4 Å². The van der Waals surface area contributed by atoms with Crippen molar-refractivity contribution in [2.75, 3.05) is 7.05 Å². The number of amides is 1. The highest BCUT2D eigenvalue weighted by molar-refractivity contribution is 6.30. The summed E-state index contributed by atoms with van der Waals surface area (Å²) in [5, 5.41) is 11.5. The second-order valence-corrected chi connectivity index (χ2v) is 4.18. The average molecular weight is 274 g/mol. The van der Waals surface area contributed by atoms with E-state index in [0.29, 0.717) is 0 Å². The van der Waals surface area contributed by atoms with Crippen molar-refractivity contribution in [2.24, 2.45) is 10.9 Å². The summed E-state index contributed by atoms with van der Waals surface area (Å²) in [5.41, 5.74) is 5.26. The number of amidine groups is 1. The summed E-state index contributed by atoms with van der Waals surface area (Å²) in [7, 11) is 1.43. The lowest BCUT2D eigenvalue weighted by Gasteiger charge is -2.23. The number of benzene rings is 1. The first-order chi connectivity index (χ1) is 8.38. The number of nitrogens with two attached hydrogens (primary N) is 1. The van der Waals surface area contributed by atoms with Crippen molar-refractivity contribution >= 4 is 23.3 Å². The maximum absolute atomic E-state index is 13.6. The molecule has 1 aromatic carbocycles. The number of oxime groups is 1. The molecular weight excluding hydrogens is 261 g/mol. The molecule has 1 rings (SSSR count). The van der Waals surface area contributed by atoms with Gasteiger partial charge in [0, 0.05) is 12.1 Å². The van der Waals surface area contributed by atoms with Gasteiger partial charge in [-0.05, 0) is 25.1 Å². The number of carbonyl (C=O) groups excluding carboxylic acids is 1. The Bertz CT molecular complexity index is 493. The summed E-state index contributed by atoms with van der Waals surface area (Å²) in [6.07, 6.45) is 0. The smallest absolute Gasteiger partial charge is 0.257 e. The van der Waals surface area contributed by atoms with Crippen LogP contribution in [0.4, 0.5) is 4.39 Å². The van der Waals surface area contributed by atoms with Crippen molar-refractivity contribution in [2.45, 2.75) is 13.0 Å². The number of carbonyl (C=O) groups is 1. The molecule has 7 heteroatoms. The molecule has 0 spiro atoms. The summed E-state index contributed by atoms with van der Waals surface area (Å²) in [4.78, 5) is 13.2. The second-order valence-electron chi connectivity index (χ2n) is 3.74. The fourth-order valence-corrected chi connectivity index (χ4v) is 1.47. The zero-order chi connectivity index (χ0) is 13.9. The number of rotatable bonds is 3. The number of hydrogen-bond donors (Lipinski definition) is 2. The van der Waals surface area contributed by atoms with Crippen molar-refractivity contribution in [3.8, 4) is 0 Å².